The lowest BCUT2D eigenvalue weighted by Crippen LogP contribution is -2.23. The van der Waals surface area contributed by atoms with E-state index in [0.717, 1.165) is 11.4 Å². The van der Waals surface area contributed by atoms with Crippen LogP contribution in [0, 0.1) is 0 Å². The van der Waals surface area contributed by atoms with Crippen LogP contribution in [0.25, 0.3) is 0 Å². The zero-order valence-electron chi connectivity index (χ0n) is 10.8. The van der Waals surface area contributed by atoms with E-state index in [2.05, 4.69) is 22.2 Å². The molecule has 0 aliphatic rings. The number of nitrogens with one attached hydrogen (secondary N) is 2. The highest BCUT2D eigenvalue weighted by atomic mass is 35.5. The SMILES string of the molecule is C=CCNC(=O)c1cncc(Nc2cccc(Cl)c2)c1. The van der Waals surface area contributed by atoms with Crippen LogP contribution >= 0.6 is 11.6 Å². The van der Waals surface area contributed by atoms with Crippen LogP contribution in [0.3, 0.4) is 0 Å². The lowest BCUT2D eigenvalue weighted by Gasteiger charge is -2.08. The second-order valence-electron chi connectivity index (χ2n) is 4.10. The molecule has 0 fully saturated rings. The van der Waals surface area contributed by atoms with Gasteiger partial charge in [0.2, 0.25) is 0 Å². The number of hydrogen-bond acceptors (Lipinski definition) is 3. The second kappa shape index (κ2) is 6.73. The largest absolute Gasteiger partial charge is 0.354 e. The molecule has 0 spiro atoms. The van der Waals surface area contributed by atoms with Gasteiger partial charge in [0.25, 0.3) is 5.91 Å². The van der Waals surface area contributed by atoms with E-state index < -0.39 is 0 Å². The van der Waals surface area contributed by atoms with Crippen molar-refractivity contribution in [2.75, 3.05) is 11.9 Å². The van der Waals surface area contributed by atoms with E-state index in [0.29, 0.717) is 17.1 Å². The number of anilines is 2. The van der Waals surface area contributed by atoms with Crippen LogP contribution in [0.2, 0.25) is 5.02 Å². The number of carbonyl (C=O) groups is 1. The Bertz CT molecular complexity index is 628. The maximum atomic E-state index is 11.8. The van der Waals surface area contributed by atoms with Crippen molar-refractivity contribution in [3.63, 3.8) is 0 Å². The van der Waals surface area contributed by atoms with Crippen LogP contribution in [0.5, 0.6) is 0 Å². The number of rotatable bonds is 5. The van der Waals surface area contributed by atoms with Crippen molar-refractivity contribution in [2.45, 2.75) is 0 Å². The second-order valence-corrected chi connectivity index (χ2v) is 4.53. The number of hydrogen-bond donors (Lipinski definition) is 2. The van der Waals surface area contributed by atoms with Gasteiger partial charge >= 0.3 is 0 Å². The zero-order chi connectivity index (χ0) is 14.4. The molecule has 0 unspecified atom stereocenters. The Hall–Kier alpha value is -2.33. The summed E-state index contributed by atoms with van der Waals surface area (Å²) in [5.74, 6) is -0.188. The van der Waals surface area contributed by atoms with E-state index in [1.807, 2.05) is 12.1 Å². The predicted octanol–water partition coefficient (Wildman–Crippen LogP) is 3.39. The molecule has 0 radical (unpaired) electrons. The summed E-state index contributed by atoms with van der Waals surface area (Å²) >= 11 is 5.92. The lowest BCUT2D eigenvalue weighted by atomic mass is 10.2. The summed E-state index contributed by atoms with van der Waals surface area (Å²) in [7, 11) is 0. The monoisotopic (exact) mass is 287 g/mol. The Morgan fingerprint density at radius 1 is 1.30 bits per heavy atom. The van der Waals surface area contributed by atoms with Gasteiger partial charge in [-0.1, -0.05) is 23.7 Å². The molecule has 1 aromatic heterocycles. The van der Waals surface area contributed by atoms with Gasteiger partial charge in [-0.2, -0.15) is 0 Å². The van der Waals surface area contributed by atoms with Gasteiger partial charge in [-0.3, -0.25) is 9.78 Å². The molecule has 0 atom stereocenters. The molecular formula is C15H14ClN3O. The topological polar surface area (TPSA) is 54.0 Å². The fourth-order valence-corrected chi connectivity index (χ4v) is 1.82. The summed E-state index contributed by atoms with van der Waals surface area (Å²) in [5.41, 5.74) is 2.04. The first kappa shape index (κ1) is 14.1. The van der Waals surface area contributed by atoms with E-state index in [-0.39, 0.29) is 5.91 Å². The molecule has 4 nitrogen and oxygen atoms in total. The van der Waals surface area contributed by atoms with Crippen LogP contribution < -0.4 is 10.6 Å². The van der Waals surface area contributed by atoms with Crippen LogP contribution in [0.1, 0.15) is 10.4 Å². The molecule has 1 aromatic carbocycles. The van der Waals surface area contributed by atoms with Gasteiger partial charge in [-0.25, -0.2) is 0 Å². The van der Waals surface area contributed by atoms with Gasteiger partial charge in [0.15, 0.2) is 0 Å². The molecule has 1 amide bonds. The third kappa shape index (κ3) is 3.83. The van der Waals surface area contributed by atoms with E-state index in [9.17, 15) is 4.79 Å². The lowest BCUT2D eigenvalue weighted by molar-refractivity contribution is 0.0957. The van der Waals surface area contributed by atoms with Gasteiger partial charge in [0.05, 0.1) is 17.4 Å². The summed E-state index contributed by atoms with van der Waals surface area (Å²) in [5, 5.41) is 6.49. The molecule has 0 aliphatic carbocycles. The minimum absolute atomic E-state index is 0.188. The summed E-state index contributed by atoms with van der Waals surface area (Å²) in [6, 6.07) is 9.05. The average Bonchev–Trinajstić information content (AvgIpc) is 2.45. The van der Waals surface area contributed by atoms with Gasteiger partial charge < -0.3 is 10.6 Å². The first-order valence-corrected chi connectivity index (χ1v) is 6.43. The number of aromatic nitrogens is 1. The van der Waals surface area contributed by atoms with Gasteiger partial charge in [-0.15, -0.1) is 6.58 Å². The van der Waals surface area contributed by atoms with Gasteiger partial charge in [-0.05, 0) is 24.3 Å². The Morgan fingerprint density at radius 2 is 2.15 bits per heavy atom. The fourth-order valence-electron chi connectivity index (χ4n) is 1.63. The summed E-state index contributed by atoms with van der Waals surface area (Å²) < 4.78 is 0. The van der Waals surface area contributed by atoms with Crippen molar-refractivity contribution in [3.05, 3.63) is 66.0 Å². The van der Waals surface area contributed by atoms with Crippen molar-refractivity contribution in [2.24, 2.45) is 0 Å². The number of halogens is 1. The summed E-state index contributed by atoms with van der Waals surface area (Å²) in [6.07, 6.45) is 4.78. The number of pyridine rings is 1. The molecule has 2 N–H and O–H groups in total. The smallest absolute Gasteiger partial charge is 0.253 e. The van der Waals surface area contributed by atoms with Gasteiger partial charge in [0.1, 0.15) is 0 Å². The van der Waals surface area contributed by atoms with Crippen LogP contribution in [-0.4, -0.2) is 17.4 Å². The van der Waals surface area contributed by atoms with Crippen molar-refractivity contribution in [3.8, 4) is 0 Å². The third-order valence-corrected chi connectivity index (χ3v) is 2.76. The Morgan fingerprint density at radius 3 is 2.90 bits per heavy atom. The van der Waals surface area contributed by atoms with Crippen molar-refractivity contribution >= 4 is 28.9 Å². The molecule has 102 valence electrons. The highest BCUT2D eigenvalue weighted by Gasteiger charge is 2.06. The molecule has 20 heavy (non-hydrogen) atoms. The first-order chi connectivity index (χ1) is 9.69. The summed E-state index contributed by atoms with van der Waals surface area (Å²) in [6.45, 7) is 3.97. The molecule has 0 aliphatic heterocycles. The Balaban J connectivity index is 2.13. The van der Waals surface area contributed by atoms with Crippen molar-refractivity contribution in [1.82, 2.24) is 10.3 Å². The molecule has 1 heterocycles. The van der Waals surface area contributed by atoms with E-state index in [1.165, 1.54) is 6.20 Å². The van der Waals surface area contributed by atoms with E-state index in [4.69, 9.17) is 11.6 Å². The molecule has 0 saturated heterocycles. The minimum Gasteiger partial charge on any atom is -0.354 e. The number of amides is 1. The van der Waals surface area contributed by atoms with Crippen LogP contribution in [-0.2, 0) is 0 Å². The standard InChI is InChI=1S/C15H14ClN3O/c1-2-6-18-15(20)11-7-14(10-17-9-11)19-13-5-3-4-12(16)8-13/h2-5,7-10,19H,1,6H2,(H,18,20). The fraction of sp³-hybridized carbons (Fsp3) is 0.0667. The molecule has 0 saturated carbocycles. The number of benzene rings is 1. The van der Waals surface area contributed by atoms with Crippen LogP contribution in [0.4, 0.5) is 11.4 Å². The highest BCUT2D eigenvalue weighted by Crippen LogP contribution is 2.20. The zero-order valence-corrected chi connectivity index (χ0v) is 11.5. The van der Waals surface area contributed by atoms with Crippen LogP contribution in [0.15, 0.2) is 55.4 Å². The summed E-state index contributed by atoms with van der Waals surface area (Å²) in [4.78, 5) is 15.9. The molecule has 0 bridgehead atoms. The maximum Gasteiger partial charge on any atom is 0.253 e. The third-order valence-electron chi connectivity index (χ3n) is 2.52. The van der Waals surface area contributed by atoms with Crippen molar-refractivity contribution < 1.29 is 4.79 Å². The number of carbonyl (C=O) groups excluding carboxylic acids is 1. The maximum absolute atomic E-state index is 11.8. The molecule has 5 heteroatoms. The Labute approximate surface area is 122 Å². The Kier molecular flexibility index (Phi) is 4.74. The molecule has 2 aromatic rings. The predicted molar refractivity (Wildman–Crippen MR) is 81.5 cm³/mol. The van der Waals surface area contributed by atoms with Crippen molar-refractivity contribution in [1.29, 1.82) is 0 Å². The highest BCUT2D eigenvalue weighted by molar-refractivity contribution is 6.30. The first-order valence-electron chi connectivity index (χ1n) is 6.06. The van der Waals surface area contributed by atoms with E-state index >= 15 is 0 Å². The quantitative estimate of drug-likeness (QED) is 0.829. The molecule has 2 rings (SSSR count). The van der Waals surface area contributed by atoms with E-state index in [1.54, 1.807) is 30.5 Å². The van der Waals surface area contributed by atoms with Gasteiger partial charge in [0, 0.05) is 23.5 Å². The minimum atomic E-state index is -0.188. The normalized spacial score (nSPS) is 9.85. The average molecular weight is 288 g/mol. The molecular weight excluding hydrogens is 274 g/mol. The number of nitrogens with zero attached hydrogens (tertiary/aromatic N) is 1.